The molecule has 0 aromatic heterocycles. The van der Waals surface area contributed by atoms with E-state index in [0.717, 1.165) is 15.5 Å². The van der Waals surface area contributed by atoms with E-state index in [-0.39, 0.29) is 18.8 Å². The fourth-order valence-electron chi connectivity index (χ4n) is 1.74. The maximum Gasteiger partial charge on any atom is 0.277 e. The molecule has 5 nitrogen and oxygen atoms in total. The lowest BCUT2D eigenvalue weighted by molar-refractivity contribution is -0.137. The number of β-amino-alcohol motifs (C(OH)–C–C–N with tert-alkyl or cyclic N) is 1. The molecule has 0 saturated heterocycles. The quantitative estimate of drug-likeness (QED) is 0.623. The van der Waals surface area contributed by atoms with Crippen molar-refractivity contribution < 1.29 is 14.7 Å². The summed E-state index contributed by atoms with van der Waals surface area (Å²) in [7, 11) is 0. The van der Waals surface area contributed by atoms with Crippen molar-refractivity contribution in [3.05, 3.63) is 36.0 Å². The first-order chi connectivity index (χ1) is 9.15. The first kappa shape index (κ1) is 13.6. The third-order valence-electron chi connectivity index (χ3n) is 2.70. The van der Waals surface area contributed by atoms with Crippen LogP contribution in [0.25, 0.3) is 0 Å². The van der Waals surface area contributed by atoms with Gasteiger partial charge in [-0.25, -0.2) is 0 Å². The maximum absolute atomic E-state index is 11.9. The summed E-state index contributed by atoms with van der Waals surface area (Å²) in [6.07, 6.45) is 3.23. The molecule has 1 aromatic rings. The molecule has 0 aliphatic carbocycles. The fraction of sp³-hybridized carbons (Fsp3) is 0.231. The Hall–Kier alpha value is -1.79. The standard InChI is InChI=1S/C13H14N2O3S/c1-19-10-4-2-9(3-5-10)14-11-8-12(17)15(6-7-16)13(11)18/h2-5,8,14,16H,6-7H2,1H3. The minimum Gasteiger partial charge on any atom is -0.395 e. The molecule has 0 saturated carbocycles. The van der Waals surface area contributed by atoms with E-state index in [2.05, 4.69) is 5.32 Å². The summed E-state index contributed by atoms with van der Waals surface area (Å²) in [5.74, 6) is -0.810. The number of nitrogens with one attached hydrogen (secondary N) is 1. The van der Waals surface area contributed by atoms with Crippen molar-refractivity contribution in [1.29, 1.82) is 0 Å². The highest BCUT2D eigenvalue weighted by atomic mass is 32.2. The number of aliphatic hydroxyl groups is 1. The van der Waals surface area contributed by atoms with Crippen LogP contribution in [0.4, 0.5) is 5.69 Å². The summed E-state index contributed by atoms with van der Waals surface area (Å²) in [5, 5.41) is 11.7. The maximum atomic E-state index is 11.9. The number of aliphatic hydroxyl groups excluding tert-OH is 1. The first-order valence-corrected chi connectivity index (χ1v) is 6.97. The van der Waals surface area contributed by atoms with Crippen LogP contribution in [-0.2, 0) is 9.59 Å². The molecule has 0 atom stereocenters. The molecule has 0 radical (unpaired) electrons. The average molecular weight is 278 g/mol. The monoisotopic (exact) mass is 278 g/mol. The predicted molar refractivity (Wildman–Crippen MR) is 73.7 cm³/mol. The van der Waals surface area contributed by atoms with Gasteiger partial charge < -0.3 is 10.4 Å². The second-order valence-corrected chi connectivity index (χ2v) is 4.81. The third kappa shape index (κ3) is 2.97. The molecule has 19 heavy (non-hydrogen) atoms. The Balaban J connectivity index is 2.09. The van der Waals surface area contributed by atoms with E-state index in [1.165, 1.54) is 6.08 Å². The summed E-state index contributed by atoms with van der Waals surface area (Å²) in [5.41, 5.74) is 0.978. The number of anilines is 1. The first-order valence-electron chi connectivity index (χ1n) is 5.75. The molecular weight excluding hydrogens is 264 g/mol. The van der Waals surface area contributed by atoms with Crippen LogP contribution < -0.4 is 5.32 Å². The van der Waals surface area contributed by atoms with Crippen LogP contribution in [0, 0.1) is 0 Å². The second kappa shape index (κ2) is 5.90. The van der Waals surface area contributed by atoms with Gasteiger partial charge in [0, 0.05) is 16.7 Å². The Kier molecular flexibility index (Phi) is 4.24. The van der Waals surface area contributed by atoms with Crippen molar-refractivity contribution in [2.24, 2.45) is 0 Å². The number of carbonyl (C=O) groups excluding carboxylic acids is 2. The van der Waals surface area contributed by atoms with Gasteiger partial charge in [-0.05, 0) is 30.5 Å². The fourth-order valence-corrected chi connectivity index (χ4v) is 2.15. The minimum atomic E-state index is -0.409. The van der Waals surface area contributed by atoms with Crippen LogP contribution in [0.15, 0.2) is 40.9 Å². The highest BCUT2D eigenvalue weighted by Gasteiger charge is 2.30. The molecule has 2 amide bonds. The van der Waals surface area contributed by atoms with E-state index in [9.17, 15) is 9.59 Å². The van der Waals surface area contributed by atoms with Gasteiger partial charge in [0.1, 0.15) is 5.70 Å². The number of benzene rings is 1. The average Bonchev–Trinajstić information content (AvgIpc) is 2.68. The van der Waals surface area contributed by atoms with Gasteiger partial charge in [-0.1, -0.05) is 0 Å². The van der Waals surface area contributed by atoms with Crippen molar-refractivity contribution in [3.63, 3.8) is 0 Å². The van der Waals surface area contributed by atoms with E-state index in [1.807, 2.05) is 30.5 Å². The largest absolute Gasteiger partial charge is 0.395 e. The lowest BCUT2D eigenvalue weighted by Crippen LogP contribution is -2.34. The van der Waals surface area contributed by atoms with E-state index in [0.29, 0.717) is 0 Å². The van der Waals surface area contributed by atoms with Gasteiger partial charge in [-0.15, -0.1) is 11.8 Å². The molecule has 0 bridgehead atoms. The molecule has 2 N–H and O–H groups in total. The summed E-state index contributed by atoms with van der Waals surface area (Å²) in [4.78, 5) is 25.6. The zero-order valence-electron chi connectivity index (χ0n) is 10.4. The molecule has 1 heterocycles. The smallest absolute Gasteiger partial charge is 0.277 e. The van der Waals surface area contributed by atoms with E-state index >= 15 is 0 Å². The number of hydrogen-bond donors (Lipinski definition) is 2. The Bertz CT molecular complexity index is 525. The predicted octanol–water partition coefficient (Wildman–Crippen LogP) is 1.07. The summed E-state index contributed by atoms with van der Waals surface area (Å²) >= 11 is 1.63. The third-order valence-corrected chi connectivity index (χ3v) is 3.45. The van der Waals surface area contributed by atoms with Crippen molar-refractivity contribution in [3.8, 4) is 0 Å². The van der Waals surface area contributed by atoms with Crippen molar-refractivity contribution >= 4 is 29.3 Å². The van der Waals surface area contributed by atoms with Gasteiger partial charge in [0.15, 0.2) is 0 Å². The van der Waals surface area contributed by atoms with Crippen LogP contribution >= 0.6 is 11.8 Å². The Morgan fingerprint density at radius 3 is 2.53 bits per heavy atom. The molecule has 2 rings (SSSR count). The number of thioether (sulfide) groups is 1. The Morgan fingerprint density at radius 2 is 1.95 bits per heavy atom. The number of hydrogen-bond acceptors (Lipinski definition) is 5. The summed E-state index contributed by atoms with van der Waals surface area (Å²) < 4.78 is 0. The van der Waals surface area contributed by atoms with Gasteiger partial charge in [-0.3, -0.25) is 14.5 Å². The van der Waals surface area contributed by atoms with Crippen molar-refractivity contribution in [1.82, 2.24) is 4.90 Å². The number of nitrogens with zero attached hydrogens (tertiary/aromatic N) is 1. The second-order valence-electron chi connectivity index (χ2n) is 3.93. The van der Waals surface area contributed by atoms with E-state index in [1.54, 1.807) is 11.8 Å². The molecule has 100 valence electrons. The van der Waals surface area contributed by atoms with Crippen LogP contribution in [-0.4, -0.2) is 41.2 Å². The zero-order valence-corrected chi connectivity index (χ0v) is 11.2. The zero-order chi connectivity index (χ0) is 13.8. The SMILES string of the molecule is CSc1ccc(NC2=CC(=O)N(CCO)C2=O)cc1. The van der Waals surface area contributed by atoms with Crippen molar-refractivity contribution in [2.45, 2.75) is 4.90 Å². The van der Waals surface area contributed by atoms with Crippen molar-refractivity contribution in [2.75, 3.05) is 24.7 Å². The highest BCUT2D eigenvalue weighted by molar-refractivity contribution is 7.98. The summed E-state index contributed by atoms with van der Waals surface area (Å²) in [6.45, 7) is -0.216. The molecule has 1 aliphatic heterocycles. The normalized spacial score (nSPS) is 14.8. The molecule has 1 aliphatic rings. The van der Waals surface area contributed by atoms with Crippen LogP contribution in [0.1, 0.15) is 0 Å². The van der Waals surface area contributed by atoms with E-state index in [4.69, 9.17) is 5.11 Å². The lowest BCUT2D eigenvalue weighted by atomic mass is 10.3. The number of carbonyl (C=O) groups is 2. The van der Waals surface area contributed by atoms with Gasteiger partial charge in [-0.2, -0.15) is 0 Å². The minimum absolute atomic E-state index is 0.0186. The van der Waals surface area contributed by atoms with Gasteiger partial charge >= 0.3 is 0 Å². The molecule has 0 spiro atoms. The Morgan fingerprint density at radius 1 is 1.26 bits per heavy atom. The van der Waals surface area contributed by atoms with Crippen LogP contribution in [0.2, 0.25) is 0 Å². The molecule has 0 fully saturated rings. The Labute approximate surface area is 115 Å². The summed E-state index contributed by atoms with van der Waals surface area (Å²) in [6, 6.07) is 7.55. The number of imide groups is 1. The van der Waals surface area contributed by atoms with Crippen LogP contribution in [0.5, 0.6) is 0 Å². The topological polar surface area (TPSA) is 69.6 Å². The lowest BCUT2D eigenvalue weighted by Gasteiger charge is -2.13. The molecule has 0 unspecified atom stereocenters. The van der Waals surface area contributed by atoms with Gasteiger partial charge in [0.05, 0.1) is 13.2 Å². The molecular formula is C13H14N2O3S. The van der Waals surface area contributed by atoms with Gasteiger partial charge in [0.2, 0.25) is 0 Å². The van der Waals surface area contributed by atoms with E-state index < -0.39 is 11.8 Å². The number of rotatable bonds is 5. The number of amides is 2. The van der Waals surface area contributed by atoms with Gasteiger partial charge in [0.25, 0.3) is 11.8 Å². The molecule has 6 heteroatoms. The van der Waals surface area contributed by atoms with Crippen LogP contribution in [0.3, 0.4) is 0 Å². The highest BCUT2D eigenvalue weighted by Crippen LogP contribution is 2.20. The molecule has 1 aromatic carbocycles.